The summed E-state index contributed by atoms with van der Waals surface area (Å²) in [6, 6.07) is 6.83. The number of fused-ring (bicyclic) bond motifs is 1. The van der Waals surface area contributed by atoms with Crippen molar-refractivity contribution in [2.45, 2.75) is 32.2 Å². The SMILES string of the molecule is CN1CCc2cc(CN3CCC(CC(=O)O)CC3)ccc21. The monoisotopic (exact) mass is 288 g/mol. The average molecular weight is 288 g/mol. The van der Waals surface area contributed by atoms with Gasteiger partial charge in [-0.3, -0.25) is 9.69 Å². The molecule has 0 aromatic heterocycles. The smallest absolute Gasteiger partial charge is 0.303 e. The fourth-order valence-electron chi connectivity index (χ4n) is 3.57. The van der Waals surface area contributed by atoms with E-state index in [1.807, 2.05) is 0 Å². The van der Waals surface area contributed by atoms with Crippen molar-refractivity contribution in [2.75, 3.05) is 31.6 Å². The Balaban J connectivity index is 1.55. The second-order valence-corrected chi connectivity index (χ2v) is 6.45. The Morgan fingerprint density at radius 2 is 2.05 bits per heavy atom. The van der Waals surface area contributed by atoms with E-state index < -0.39 is 5.97 Å². The van der Waals surface area contributed by atoms with Gasteiger partial charge in [-0.2, -0.15) is 0 Å². The maximum atomic E-state index is 10.8. The summed E-state index contributed by atoms with van der Waals surface area (Å²) in [5.41, 5.74) is 4.23. The predicted octanol–water partition coefficient (Wildman–Crippen LogP) is 2.37. The standard InChI is InChI=1S/C17H24N2O2/c1-18-7-6-15-10-14(2-3-16(15)18)12-19-8-4-13(5-9-19)11-17(20)21/h2-3,10,13H,4-9,11-12H2,1H3,(H,20,21). The van der Waals surface area contributed by atoms with Gasteiger partial charge in [0.25, 0.3) is 0 Å². The fraction of sp³-hybridized carbons (Fsp3) is 0.588. The summed E-state index contributed by atoms with van der Waals surface area (Å²) in [7, 11) is 2.15. The van der Waals surface area contributed by atoms with Gasteiger partial charge in [-0.25, -0.2) is 0 Å². The van der Waals surface area contributed by atoms with E-state index in [-0.39, 0.29) is 0 Å². The van der Waals surface area contributed by atoms with Gasteiger partial charge < -0.3 is 10.0 Å². The van der Waals surface area contributed by atoms with Crippen LogP contribution in [0.1, 0.15) is 30.4 Å². The first-order valence-electron chi connectivity index (χ1n) is 7.89. The molecule has 2 aliphatic heterocycles. The van der Waals surface area contributed by atoms with Gasteiger partial charge in [0.2, 0.25) is 0 Å². The van der Waals surface area contributed by atoms with Crippen molar-refractivity contribution in [2.24, 2.45) is 5.92 Å². The summed E-state index contributed by atoms with van der Waals surface area (Å²) in [5, 5.41) is 8.86. The summed E-state index contributed by atoms with van der Waals surface area (Å²) in [6.45, 7) is 4.17. The van der Waals surface area contributed by atoms with Crippen molar-refractivity contribution < 1.29 is 9.90 Å². The third-order valence-corrected chi connectivity index (χ3v) is 4.85. The highest BCUT2D eigenvalue weighted by Crippen LogP contribution is 2.28. The van der Waals surface area contributed by atoms with E-state index in [2.05, 4.69) is 35.0 Å². The minimum atomic E-state index is -0.656. The largest absolute Gasteiger partial charge is 0.481 e. The summed E-state index contributed by atoms with van der Waals surface area (Å²) >= 11 is 0. The van der Waals surface area contributed by atoms with Crippen molar-refractivity contribution in [3.8, 4) is 0 Å². The van der Waals surface area contributed by atoms with E-state index in [1.165, 1.54) is 16.8 Å². The first-order valence-corrected chi connectivity index (χ1v) is 7.89. The number of carboxylic acids is 1. The molecule has 0 bridgehead atoms. The molecule has 0 amide bonds. The van der Waals surface area contributed by atoms with Crippen molar-refractivity contribution in [3.05, 3.63) is 29.3 Å². The molecule has 21 heavy (non-hydrogen) atoms. The lowest BCUT2D eigenvalue weighted by atomic mass is 9.93. The Hall–Kier alpha value is -1.55. The third kappa shape index (κ3) is 3.38. The van der Waals surface area contributed by atoms with Gasteiger partial charge in [0.15, 0.2) is 0 Å². The van der Waals surface area contributed by atoms with Crippen molar-refractivity contribution in [1.82, 2.24) is 4.90 Å². The molecule has 114 valence electrons. The minimum Gasteiger partial charge on any atom is -0.481 e. The van der Waals surface area contributed by atoms with Crippen LogP contribution in [0.25, 0.3) is 0 Å². The number of nitrogens with zero attached hydrogens (tertiary/aromatic N) is 2. The molecule has 2 heterocycles. The quantitative estimate of drug-likeness (QED) is 0.924. The van der Waals surface area contributed by atoms with Gasteiger partial charge in [-0.1, -0.05) is 12.1 Å². The maximum absolute atomic E-state index is 10.8. The van der Waals surface area contributed by atoms with Crippen LogP contribution in [0.2, 0.25) is 0 Å². The summed E-state index contributed by atoms with van der Waals surface area (Å²) < 4.78 is 0. The molecule has 3 rings (SSSR count). The normalized spacial score (nSPS) is 19.8. The Bertz CT molecular complexity index is 522. The first-order chi connectivity index (χ1) is 10.1. The summed E-state index contributed by atoms with van der Waals surface area (Å²) in [4.78, 5) is 15.5. The average Bonchev–Trinajstić information content (AvgIpc) is 2.82. The molecule has 0 unspecified atom stereocenters. The van der Waals surface area contributed by atoms with Crippen LogP contribution in [0.15, 0.2) is 18.2 Å². The van der Waals surface area contributed by atoms with Crippen LogP contribution in [0.3, 0.4) is 0 Å². The van der Waals surface area contributed by atoms with Gasteiger partial charge in [-0.05, 0) is 55.5 Å². The topological polar surface area (TPSA) is 43.8 Å². The van der Waals surface area contributed by atoms with Crippen molar-refractivity contribution >= 4 is 11.7 Å². The van der Waals surface area contributed by atoms with Crippen LogP contribution < -0.4 is 4.90 Å². The number of carboxylic acid groups (broad SMARTS) is 1. The van der Waals surface area contributed by atoms with E-state index in [0.717, 1.165) is 45.4 Å². The fourth-order valence-corrected chi connectivity index (χ4v) is 3.57. The molecular formula is C17H24N2O2. The Labute approximate surface area is 126 Å². The number of likely N-dealkylation sites (N-methyl/N-ethyl adjacent to an activating group) is 1. The Morgan fingerprint density at radius 1 is 1.29 bits per heavy atom. The van der Waals surface area contributed by atoms with Gasteiger partial charge in [-0.15, -0.1) is 0 Å². The van der Waals surface area contributed by atoms with Crippen molar-refractivity contribution in [3.63, 3.8) is 0 Å². The molecular weight excluding hydrogens is 264 g/mol. The molecule has 1 fully saturated rings. The predicted molar refractivity (Wildman–Crippen MR) is 83.7 cm³/mol. The zero-order valence-corrected chi connectivity index (χ0v) is 12.7. The molecule has 1 aromatic carbocycles. The molecule has 1 saturated heterocycles. The molecule has 1 aromatic rings. The van der Waals surface area contributed by atoms with Gasteiger partial charge >= 0.3 is 5.97 Å². The molecule has 4 heteroatoms. The highest BCUT2D eigenvalue weighted by molar-refractivity contribution is 5.67. The number of piperidine rings is 1. The molecule has 2 aliphatic rings. The van der Waals surface area contributed by atoms with Crippen LogP contribution in [-0.4, -0.2) is 42.7 Å². The lowest BCUT2D eigenvalue weighted by molar-refractivity contribution is -0.138. The highest BCUT2D eigenvalue weighted by Gasteiger charge is 2.22. The number of likely N-dealkylation sites (tertiary alicyclic amines) is 1. The maximum Gasteiger partial charge on any atom is 0.303 e. The molecule has 0 saturated carbocycles. The molecule has 4 nitrogen and oxygen atoms in total. The van der Waals surface area contributed by atoms with Crippen LogP contribution in [-0.2, 0) is 17.8 Å². The van der Waals surface area contributed by atoms with Crippen LogP contribution >= 0.6 is 0 Å². The number of benzene rings is 1. The third-order valence-electron chi connectivity index (χ3n) is 4.85. The highest BCUT2D eigenvalue weighted by atomic mass is 16.4. The lowest BCUT2D eigenvalue weighted by Gasteiger charge is -2.31. The zero-order chi connectivity index (χ0) is 14.8. The van der Waals surface area contributed by atoms with Crippen LogP contribution in [0.4, 0.5) is 5.69 Å². The molecule has 0 radical (unpaired) electrons. The molecule has 0 spiro atoms. The zero-order valence-electron chi connectivity index (χ0n) is 12.7. The molecule has 0 aliphatic carbocycles. The molecule has 0 atom stereocenters. The number of anilines is 1. The van der Waals surface area contributed by atoms with E-state index in [9.17, 15) is 4.79 Å². The van der Waals surface area contributed by atoms with E-state index in [4.69, 9.17) is 5.11 Å². The van der Waals surface area contributed by atoms with E-state index in [0.29, 0.717) is 12.3 Å². The second kappa shape index (κ2) is 6.06. The number of carbonyl (C=O) groups is 1. The van der Waals surface area contributed by atoms with Crippen molar-refractivity contribution in [1.29, 1.82) is 0 Å². The number of hydrogen-bond donors (Lipinski definition) is 1. The van der Waals surface area contributed by atoms with Crippen LogP contribution in [0, 0.1) is 5.92 Å². The van der Waals surface area contributed by atoms with E-state index >= 15 is 0 Å². The van der Waals surface area contributed by atoms with Gasteiger partial charge in [0, 0.05) is 32.2 Å². The minimum absolute atomic E-state index is 0.332. The molecule has 1 N–H and O–H groups in total. The van der Waals surface area contributed by atoms with Gasteiger partial charge in [0.1, 0.15) is 0 Å². The first kappa shape index (κ1) is 14.4. The number of aliphatic carboxylic acids is 1. The lowest BCUT2D eigenvalue weighted by Crippen LogP contribution is -2.33. The van der Waals surface area contributed by atoms with Gasteiger partial charge in [0.05, 0.1) is 0 Å². The summed E-state index contributed by atoms with van der Waals surface area (Å²) in [5.74, 6) is -0.288. The second-order valence-electron chi connectivity index (χ2n) is 6.45. The van der Waals surface area contributed by atoms with E-state index in [1.54, 1.807) is 0 Å². The Morgan fingerprint density at radius 3 is 2.76 bits per heavy atom. The number of rotatable bonds is 4. The Kier molecular flexibility index (Phi) is 4.15. The summed E-state index contributed by atoms with van der Waals surface area (Å²) in [6.07, 6.45) is 3.51. The number of hydrogen-bond acceptors (Lipinski definition) is 3. The van der Waals surface area contributed by atoms with Crippen LogP contribution in [0.5, 0.6) is 0 Å².